The van der Waals surface area contributed by atoms with E-state index in [4.69, 9.17) is 20.0 Å². The third-order valence-corrected chi connectivity index (χ3v) is 2.34. The van der Waals surface area contributed by atoms with Crippen LogP contribution in [0.5, 0.6) is 0 Å². The zero-order valence-corrected chi connectivity index (χ0v) is 8.79. The van der Waals surface area contributed by atoms with E-state index in [9.17, 15) is 14.2 Å². The van der Waals surface area contributed by atoms with Crippen LogP contribution in [-0.4, -0.2) is 55.7 Å². The first-order valence-corrected chi connectivity index (χ1v) is 5.66. The van der Waals surface area contributed by atoms with E-state index < -0.39 is 38.4 Å². The summed E-state index contributed by atoms with van der Waals surface area (Å²) in [5.74, 6) is -2.69. The van der Waals surface area contributed by atoms with Crippen molar-refractivity contribution in [2.75, 3.05) is 12.8 Å². The first kappa shape index (κ1) is 14.1. The largest absolute Gasteiger partial charge is 0.480 e. The maximum atomic E-state index is 10.6. The number of carboxylic acids is 2. The van der Waals surface area contributed by atoms with Gasteiger partial charge in [-0.25, -0.2) is 0 Å². The molecule has 0 aliphatic rings. The summed E-state index contributed by atoms with van der Waals surface area (Å²) in [6, 6.07) is -1.27. The van der Waals surface area contributed by atoms with Crippen LogP contribution in [-0.2, 0) is 14.2 Å². The molecule has 0 rings (SSSR count). The molecule has 0 aromatic rings. The normalized spacial score (nSPS) is 13.9. The Kier molecular flexibility index (Phi) is 4.89. The first-order valence-electron chi connectivity index (χ1n) is 3.86. The standard InChI is InChI=1S/C6H12NO7P/c1-4(6(10)11)7(2-5(8)9)3-15(12,13)14/h4H,2-3H2,1H3,(H,8,9)(H,10,11)(H2,12,13,14)/t4-/m0/s1. The van der Waals surface area contributed by atoms with E-state index in [1.54, 1.807) is 0 Å². The van der Waals surface area contributed by atoms with E-state index in [1.807, 2.05) is 0 Å². The van der Waals surface area contributed by atoms with Gasteiger partial charge < -0.3 is 20.0 Å². The Balaban J connectivity index is 4.65. The van der Waals surface area contributed by atoms with E-state index in [1.165, 1.54) is 0 Å². The monoisotopic (exact) mass is 241 g/mol. The van der Waals surface area contributed by atoms with Crippen LogP contribution < -0.4 is 0 Å². The van der Waals surface area contributed by atoms with Crippen molar-refractivity contribution in [1.29, 1.82) is 0 Å². The van der Waals surface area contributed by atoms with Crippen LogP contribution in [0.4, 0.5) is 0 Å². The molecule has 0 aromatic carbocycles. The second-order valence-corrected chi connectivity index (χ2v) is 4.57. The van der Waals surface area contributed by atoms with Crippen LogP contribution in [0, 0.1) is 0 Å². The van der Waals surface area contributed by atoms with E-state index in [0.29, 0.717) is 4.90 Å². The molecule has 0 saturated carbocycles. The van der Waals surface area contributed by atoms with Gasteiger partial charge in [-0.3, -0.25) is 19.1 Å². The number of nitrogens with zero attached hydrogens (tertiary/aromatic N) is 1. The molecule has 4 N–H and O–H groups in total. The highest BCUT2D eigenvalue weighted by Gasteiger charge is 2.28. The lowest BCUT2D eigenvalue weighted by Crippen LogP contribution is -2.42. The van der Waals surface area contributed by atoms with Gasteiger partial charge in [0.2, 0.25) is 0 Å². The van der Waals surface area contributed by atoms with Crippen molar-refractivity contribution in [3.05, 3.63) is 0 Å². The quantitative estimate of drug-likeness (QED) is 0.434. The molecule has 0 aliphatic carbocycles. The van der Waals surface area contributed by atoms with E-state index in [-0.39, 0.29) is 0 Å². The minimum Gasteiger partial charge on any atom is -0.480 e. The van der Waals surface area contributed by atoms with Gasteiger partial charge in [-0.05, 0) is 6.92 Å². The van der Waals surface area contributed by atoms with Crippen molar-refractivity contribution in [3.63, 3.8) is 0 Å². The van der Waals surface area contributed by atoms with Crippen molar-refractivity contribution in [2.24, 2.45) is 0 Å². The highest BCUT2D eigenvalue weighted by atomic mass is 31.2. The average Bonchev–Trinajstić information content (AvgIpc) is 1.97. The Morgan fingerprint density at radius 2 is 1.80 bits per heavy atom. The maximum absolute atomic E-state index is 10.6. The van der Waals surface area contributed by atoms with Gasteiger partial charge in [0, 0.05) is 0 Å². The molecule has 0 heterocycles. The van der Waals surface area contributed by atoms with Crippen LogP contribution in [0.15, 0.2) is 0 Å². The second kappa shape index (κ2) is 5.22. The number of rotatable bonds is 6. The molecular formula is C6H12NO7P. The lowest BCUT2D eigenvalue weighted by Gasteiger charge is -2.24. The number of hydrogen-bond donors (Lipinski definition) is 4. The molecule has 0 aromatic heterocycles. The molecule has 0 radical (unpaired) electrons. The van der Waals surface area contributed by atoms with Gasteiger partial charge in [-0.1, -0.05) is 0 Å². The highest BCUT2D eigenvalue weighted by molar-refractivity contribution is 7.51. The summed E-state index contributed by atoms with van der Waals surface area (Å²) in [4.78, 5) is 38.8. The molecule has 0 spiro atoms. The third-order valence-electron chi connectivity index (χ3n) is 1.61. The molecule has 88 valence electrons. The van der Waals surface area contributed by atoms with Gasteiger partial charge in [-0.15, -0.1) is 0 Å². The predicted octanol–water partition coefficient (Wildman–Crippen LogP) is -1.02. The fraction of sp³-hybridized carbons (Fsp3) is 0.667. The van der Waals surface area contributed by atoms with Crippen molar-refractivity contribution in [3.8, 4) is 0 Å². The van der Waals surface area contributed by atoms with Crippen LogP contribution in [0.2, 0.25) is 0 Å². The fourth-order valence-corrected chi connectivity index (χ4v) is 1.69. The van der Waals surface area contributed by atoms with E-state index in [0.717, 1.165) is 6.92 Å². The van der Waals surface area contributed by atoms with Crippen molar-refractivity contribution in [1.82, 2.24) is 4.90 Å². The van der Waals surface area contributed by atoms with Gasteiger partial charge in [0.15, 0.2) is 0 Å². The van der Waals surface area contributed by atoms with Crippen LogP contribution >= 0.6 is 7.60 Å². The van der Waals surface area contributed by atoms with Crippen molar-refractivity contribution in [2.45, 2.75) is 13.0 Å². The zero-order chi connectivity index (χ0) is 12.2. The van der Waals surface area contributed by atoms with Crippen LogP contribution in [0.3, 0.4) is 0 Å². The molecule has 8 nitrogen and oxygen atoms in total. The molecule has 0 amide bonds. The molecule has 0 aliphatic heterocycles. The Labute approximate surface area is 85.3 Å². The molecular weight excluding hydrogens is 229 g/mol. The minimum absolute atomic E-state index is 0.686. The lowest BCUT2D eigenvalue weighted by atomic mass is 10.3. The highest BCUT2D eigenvalue weighted by Crippen LogP contribution is 2.35. The van der Waals surface area contributed by atoms with Gasteiger partial charge in [0.25, 0.3) is 0 Å². The number of aliphatic carboxylic acids is 2. The Morgan fingerprint density at radius 1 is 1.33 bits per heavy atom. The summed E-state index contributed by atoms with van der Waals surface area (Å²) in [5.41, 5.74) is 0. The number of hydrogen-bond acceptors (Lipinski definition) is 4. The van der Waals surface area contributed by atoms with Gasteiger partial charge >= 0.3 is 19.5 Å². The fourth-order valence-electron chi connectivity index (χ4n) is 0.876. The van der Waals surface area contributed by atoms with Gasteiger partial charge in [-0.2, -0.15) is 0 Å². The Hall–Kier alpha value is -0.950. The van der Waals surface area contributed by atoms with E-state index in [2.05, 4.69) is 0 Å². The first-order chi connectivity index (χ1) is 6.63. The molecule has 1 atom stereocenters. The van der Waals surface area contributed by atoms with E-state index >= 15 is 0 Å². The third kappa shape index (κ3) is 6.19. The molecule has 15 heavy (non-hydrogen) atoms. The molecule has 0 unspecified atom stereocenters. The maximum Gasteiger partial charge on any atom is 0.339 e. The number of carbonyl (C=O) groups is 2. The zero-order valence-electron chi connectivity index (χ0n) is 7.90. The molecule has 9 heteroatoms. The Morgan fingerprint density at radius 3 is 2.07 bits per heavy atom. The summed E-state index contributed by atoms with van der Waals surface area (Å²) in [7, 11) is -4.47. The summed E-state index contributed by atoms with van der Waals surface area (Å²) in [5, 5.41) is 17.0. The lowest BCUT2D eigenvalue weighted by molar-refractivity contribution is -0.145. The van der Waals surface area contributed by atoms with Crippen LogP contribution in [0.1, 0.15) is 6.92 Å². The SMILES string of the molecule is C[C@@H](C(=O)O)N(CC(=O)O)CP(=O)(O)O. The second-order valence-electron chi connectivity index (χ2n) is 2.96. The topological polar surface area (TPSA) is 135 Å². The summed E-state index contributed by atoms with van der Waals surface area (Å²) >= 11 is 0. The van der Waals surface area contributed by atoms with Gasteiger partial charge in [0.05, 0.1) is 6.54 Å². The van der Waals surface area contributed by atoms with Gasteiger partial charge in [0.1, 0.15) is 12.3 Å². The number of carboxylic acid groups (broad SMARTS) is 2. The predicted molar refractivity (Wildman–Crippen MR) is 48.4 cm³/mol. The summed E-state index contributed by atoms with van der Waals surface area (Å²) < 4.78 is 10.6. The molecule has 0 saturated heterocycles. The summed E-state index contributed by atoms with van der Waals surface area (Å²) in [6.07, 6.45) is -0.896. The Bertz CT molecular complexity index is 298. The summed E-state index contributed by atoms with van der Waals surface area (Å²) in [6.45, 7) is 0.416. The van der Waals surface area contributed by atoms with Crippen molar-refractivity contribution < 1.29 is 34.2 Å². The minimum atomic E-state index is -4.47. The smallest absolute Gasteiger partial charge is 0.339 e. The molecule has 0 bridgehead atoms. The van der Waals surface area contributed by atoms with Crippen LogP contribution in [0.25, 0.3) is 0 Å². The molecule has 0 fully saturated rings. The van der Waals surface area contributed by atoms with Crippen molar-refractivity contribution >= 4 is 19.5 Å². The average molecular weight is 241 g/mol.